The Kier molecular flexibility index (Phi) is 11.5. The van der Waals surface area contributed by atoms with Gasteiger partial charge in [-0.1, -0.05) is 13.8 Å². The van der Waals surface area contributed by atoms with E-state index >= 15 is 0 Å². The van der Waals surface area contributed by atoms with Crippen LogP contribution in [0.2, 0.25) is 0 Å². The highest BCUT2D eigenvalue weighted by molar-refractivity contribution is 6.12. The van der Waals surface area contributed by atoms with Crippen LogP contribution in [0.3, 0.4) is 0 Å². The minimum absolute atomic E-state index is 0.00648. The van der Waals surface area contributed by atoms with Crippen molar-refractivity contribution in [3.8, 4) is 0 Å². The minimum Gasteiger partial charge on any atom is -0.480 e. The fourth-order valence-electron chi connectivity index (χ4n) is 2.89. The first-order valence-corrected chi connectivity index (χ1v) is 10.5. The number of rotatable bonds is 15. The Balaban J connectivity index is 2.43. The van der Waals surface area contributed by atoms with E-state index in [2.05, 4.69) is 16.0 Å². The van der Waals surface area contributed by atoms with Gasteiger partial charge in [-0.05, 0) is 18.8 Å². The van der Waals surface area contributed by atoms with E-state index in [0.717, 1.165) is 4.90 Å². The van der Waals surface area contributed by atoms with Crippen LogP contribution in [0.4, 0.5) is 4.79 Å². The van der Waals surface area contributed by atoms with E-state index in [9.17, 15) is 33.9 Å². The number of carboxylic acid groups (broad SMARTS) is 1. The van der Waals surface area contributed by atoms with Crippen LogP contribution in [-0.2, 0) is 28.7 Å². The predicted octanol–water partition coefficient (Wildman–Crippen LogP) is -1.52. The van der Waals surface area contributed by atoms with E-state index in [0.29, 0.717) is 0 Å². The van der Waals surface area contributed by atoms with Crippen LogP contribution in [0, 0.1) is 5.92 Å². The maximum absolute atomic E-state index is 12.6. The third kappa shape index (κ3) is 10.1. The number of hydrogen-bond acceptors (Lipinski definition) is 7. The second-order valence-electron chi connectivity index (χ2n) is 7.65. The molecule has 2 unspecified atom stereocenters. The molecule has 0 saturated carbocycles. The van der Waals surface area contributed by atoms with Crippen LogP contribution >= 0.6 is 0 Å². The molecule has 13 nitrogen and oxygen atoms in total. The van der Waals surface area contributed by atoms with Crippen molar-refractivity contribution in [1.82, 2.24) is 20.9 Å². The normalized spacial score (nSPS) is 14.8. The highest BCUT2D eigenvalue weighted by Crippen LogP contribution is 2.06. The summed E-state index contributed by atoms with van der Waals surface area (Å²) in [6, 6.07) is -2.89. The Morgan fingerprint density at radius 3 is 2.27 bits per heavy atom. The SMILES string of the molecule is CC(C)C(NC(=O)CCOCCN1C(=O)C=CC1=O)C(=O)NC(CCCNC(N)=O)C(=O)O. The quantitative estimate of drug-likeness (QED) is 0.141. The summed E-state index contributed by atoms with van der Waals surface area (Å²) in [5.74, 6) is -3.52. The molecule has 0 fully saturated rings. The Morgan fingerprint density at radius 1 is 1.09 bits per heavy atom. The number of urea groups is 1. The largest absolute Gasteiger partial charge is 0.480 e. The van der Waals surface area contributed by atoms with Gasteiger partial charge in [-0.3, -0.25) is 24.1 Å². The maximum atomic E-state index is 12.6. The van der Waals surface area contributed by atoms with Gasteiger partial charge in [0.25, 0.3) is 11.8 Å². The smallest absolute Gasteiger partial charge is 0.326 e. The maximum Gasteiger partial charge on any atom is 0.326 e. The third-order valence-corrected chi connectivity index (χ3v) is 4.68. The lowest BCUT2D eigenvalue weighted by Gasteiger charge is -2.24. The lowest BCUT2D eigenvalue weighted by atomic mass is 10.0. The molecule has 1 heterocycles. The van der Waals surface area contributed by atoms with Crippen molar-refractivity contribution in [3.63, 3.8) is 0 Å². The summed E-state index contributed by atoms with van der Waals surface area (Å²) in [4.78, 5) is 70.8. The van der Waals surface area contributed by atoms with Crippen molar-refractivity contribution in [3.05, 3.63) is 12.2 Å². The molecule has 1 aliphatic heterocycles. The molecular formula is C20H31N5O8. The van der Waals surface area contributed by atoms with Crippen molar-refractivity contribution in [2.75, 3.05) is 26.3 Å². The van der Waals surface area contributed by atoms with Crippen molar-refractivity contribution >= 4 is 35.6 Å². The number of carbonyl (C=O) groups excluding carboxylic acids is 5. The summed E-state index contributed by atoms with van der Waals surface area (Å²) in [7, 11) is 0. The molecule has 0 radical (unpaired) electrons. The van der Waals surface area contributed by atoms with Crippen molar-refractivity contribution in [2.45, 2.75) is 45.2 Å². The molecule has 0 aromatic heterocycles. The summed E-state index contributed by atoms with van der Waals surface area (Å²) >= 11 is 0. The van der Waals surface area contributed by atoms with Crippen LogP contribution in [0.1, 0.15) is 33.1 Å². The number of aliphatic carboxylic acids is 1. The summed E-state index contributed by atoms with van der Waals surface area (Å²) in [5.41, 5.74) is 4.94. The number of carboxylic acids is 1. The lowest BCUT2D eigenvalue weighted by Crippen LogP contribution is -2.53. The average molecular weight is 469 g/mol. The van der Waals surface area contributed by atoms with E-state index in [4.69, 9.17) is 10.5 Å². The van der Waals surface area contributed by atoms with E-state index in [1.54, 1.807) is 13.8 Å². The van der Waals surface area contributed by atoms with Gasteiger partial charge in [0, 0.05) is 25.1 Å². The fraction of sp³-hybridized carbons (Fsp3) is 0.600. The highest BCUT2D eigenvalue weighted by atomic mass is 16.5. The van der Waals surface area contributed by atoms with Gasteiger partial charge in [-0.2, -0.15) is 0 Å². The average Bonchev–Trinajstić information content (AvgIpc) is 3.05. The van der Waals surface area contributed by atoms with Gasteiger partial charge in [0.2, 0.25) is 11.8 Å². The Labute approximate surface area is 191 Å². The first-order valence-electron chi connectivity index (χ1n) is 10.5. The van der Waals surface area contributed by atoms with E-state index < -0.39 is 47.7 Å². The molecule has 33 heavy (non-hydrogen) atoms. The van der Waals surface area contributed by atoms with Crippen LogP contribution in [0.5, 0.6) is 0 Å². The summed E-state index contributed by atoms with van der Waals surface area (Å²) in [6.07, 6.45) is 2.60. The number of nitrogens with zero attached hydrogens (tertiary/aromatic N) is 1. The molecule has 0 spiro atoms. The van der Waals surface area contributed by atoms with E-state index in [1.807, 2.05) is 0 Å². The molecule has 1 aliphatic rings. The van der Waals surface area contributed by atoms with Crippen molar-refractivity contribution in [2.24, 2.45) is 11.7 Å². The molecule has 184 valence electrons. The standard InChI is InChI=1S/C20H31N5O8/c1-12(2)17(18(29)23-13(19(30)31)4-3-8-22-20(21)32)24-14(26)7-10-33-11-9-25-15(27)5-6-16(25)28/h5-6,12-13,17H,3-4,7-11H2,1-2H3,(H,23,29)(H,24,26)(H,30,31)(H3,21,22,32). The van der Waals surface area contributed by atoms with Crippen LogP contribution in [0.15, 0.2) is 12.2 Å². The Hall–Kier alpha value is -3.48. The third-order valence-electron chi connectivity index (χ3n) is 4.68. The molecule has 2 atom stereocenters. The van der Waals surface area contributed by atoms with Crippen molar-refractivity contribution < 1.29 is 38.6 Å². The fourth-order valence-corrected chi connectivity index (χ4v) is 2.89. The number of amides is 6. The van der Waals surface area contributed by atoms with Crippen LogP contribution in [0.25, 0.3) is 0 Å². The number of primary amides is 1. The van der Waals surface area contributed by atoms with E-state index in [1.165, 1.54) is 12.2 Å². The predicted molar refractivity (Wildman–Crippen MR) is 114 cm³/mol. The molecule has 0 aliphatic carbocycles. The number of nitrogens with two attached hydrogens (primary N) is 1. The van der Waals surface area contributed by atoms with Gasteiger partial charge in [-0.25, -0.2) is 9.59 Å². The number of ether oxygens (including phenoxy) is 1. The number of carbonyl (C=O) groups is 6. The molecule has 1 rings (SSSR count). The number of imide groups is 1. The van der Waals surface area contributed by atoms with E-state index in [-0.39, 0.29) is 51.5 Å². The molecule has 0 aromatic carbocycles. The molecule has 0 saturated heterocycles. The van der Waals surface area contributed by atoms with Gasteiger partial charge < -0.3 is 31.5 Å². The monoisotopic (exact) mass is 469 g/mol. The van der Waals surface area contributed by atoms with Gasteiger partial charge in [0.1, 0.15) is 12.1 Å². The molecular weight excluding hydrogens is 438 g/mol. The zero-order chi connectivity index (χ0) is 25.0. The number of hydrogen-bond donors (Lipinski definition) is 5. The summed E-state index contributed by atoms with van der Waals surface area (Å²) < 4.78 is 5.28. The Morgan fingerprint density at radius 2 is 1.73 bits per heavy atom. The van der Waals surface area contributed by atoms with Crippen molar-refractivity contribution in [1.29, 1.82) is 0 Å². The molecule has 0 bridgehead atoms. The number of nitrogens with one attached hydrogen (secondary N) is 3. The molecule has 6 N–H and O–H groups in total. The lowest BCUT2D eigenvalue weighted by molar-refractivity contribution is -0.142. The van der Waals surface area contributed by atoms with Gasteiger partial charge >= 0.3 is 12.0 Å². The summed E-state index contributed by atoms with van der Waals surface area (Å²) in [5, 5.41) is 16.6. The first-order chi connectivity index (χ1) is 15.5. The zero-order valence-corrected chi connectivity index (χ0v) is 18.7. The highest BCUT2D eigenvalue weighted by Gasteiger charge is 2.28. The topological polar surface area (TPSA) is 197 Å². The molecule has 0 aromatic rings. The summed E-state index contributed by atoms with van der Waals surface area (Å²) in [6.45, 7) is 3.69. The second-order valence-corrected chi connectivity index (χ2v) is 7.65. The Bertz CT molecular complexity index is 764. The first kappa shape index (κ1) is 27.6. The second kappa shape index (κ2) is 13.8. The van der Waals surface area contributed by atoms with Crippen LogP contribution < -0.4 is 21.7 Å². The van der Waals surface area contributed by atoms with Gasteiger partial charge in [0.05, 0.1) is 19.8 Å². The molecule has 13 heteroatoms. The molecule has 6 amide bonds. The van der Waals surface area contributed by atoms with Gasteiger partial charge in [0.15, 0.2) is 0 Å². The van der Waals surface area contributed by atoms with Crippen LogP contribution in [-0.4, -0.2) is 84.0 Å². The van der Waals surface area contributed by atoms with Gasteiger partial charge in [-0.15, -0.1) is 0 Å². The minimum atomic E-state index is -1.24. The zero-order valence-electron chi connectivity index (χ0n) is 18.7.